The third-order valence-electron chi connectivity index (χ3n) is 5.35. The first-order chi connectivity index (χ1) is 15.5. The number of likely N-dealkylation sites (N-methyl/N-ethyl adjacent to an activating group) is 1. The lowest BCUT2D eigenvalue weighted by Crippen LogP contribution is -2.48. The van der Waals surface area contributed by atoms with Gasteiger partial charge in [-0.15, -0.1) is 0 Å². The second-order valence-corrected chi connectivity index (χ2v) is 7.70. The van der Waals surface area contributed by atoms with Crippen molar-refractivity contribution >= 4 is 12.0 Å². The molecule has 0 aromatic heterocycles. The van der Waals surface area contributed by atoms with Gasteiger partial charge in [0.05, 0.1) is 29.5 Å². The Morgan fingerprint density at radius 3 is 2.55 bits per heavy atom. The summed E-state index contributed by atoms with van der Waals surface area (Å²) in [6.07, 6.45) is -4.52. The fourth-order valence-corrected chi connectivity index (χ4v) is 3.60. The first-order valence-electron chi connectivity index (χ1n) is 10.3. The van der Waals surface area contributed by atoms with E-state index in [0.29, 0.717) is 0 Å². The molecule has 2 amide bonds. The van der Waals surface area contributed by atoms with Crippen LogP contribution in [0.15, 0.2) is 53.7 Å². The van der Waals surface area contributed by atoms with Gasteiger partial charge in [-0.25, -0.2) is 9.59 Å². The first kappa shape index (κ1) is 24.2. The van der Waals surface area contributed by atoms with Crippen LogP contribution in [0.4, 0.5) is 18.0 Å². The van der Waals surface area contributed by atoms with Gasteiger partial charge in [0.15, 0.2) is 0 Å². The van der Waals surface area contributed by atoms with Crippen LogP contribution < -0.4 is 10.1 Å². The molecule has 6 nitrogen and oxygen atoms in total. The SMILES string of the molecule is CCOC(=O)C1=C(COc2cccc(C(F)(F)F)c2)N(C)C(=O)N[C@H]1c1cc(C)ccc1C. The van der Waals surface area contributed by atoms with Gasteiger partial charge < -0.3 is 14.8 Å². The number of nitrogens with one attached hydrogen (secondary N) is 1. The number of aryl methyl sites for hydroxylation is 2. The van der Waals surface area contributed by atoms with Crippen LogP contribution in [0.25, 0.3) is 0 Å². The number of amides is 2. The summed E-state index contributed by atoms with van der Waals surface area (Å²) in [6, 6.07) is 8.82. The van der Waals surface area contributed by atoms with Crippen molar-refractivity contribution in [2.75, 3.05) is 20.3 Å². The largest absolute Gasteiger partial charge is 0.487 e. The molecule has 1 aliphatic rings. The average molecular weight is 462 g/mol. The molecule has 1 atom stereocenters. The normalized spacial score (nSPS) is 16.5. The molecule has 176 valence electrons. The number of rotatable bonds is 6. The summed E-state index contributed by atoms with van der Waals surface area (Å²) in [5, 5.41) is 2.82. The Kier molecular flexibility index (Phi) is 7.00. The predicted octanol–water partition coefficient (Wildman–Crippen LogP) is 4.91. The van der Waals surface area contributed by atoms with Crippen LogP contribution in [0.2, 0.25) is 0 Å². The molecule has 1 aliphatic heterocycles. The Balaban J connectivity index is 2.06. The topological polar surface area (TPSA) is 67.9 Å². The number of nitrogens with zero attached hydrogens (tertiary/aromatic N) is 1. The van der Waals surface area contributed by atoms with Crippen molar-refractivity contribution in [2.24, 2.45) is 0 Å². The fraction of sp³-hybridized carbons (Fsp3) is 0.333. The molecule has 0 saturated heterocycles. The minimum absolute atomic E-state index is 0.0387. The van der Waals surface area contributed by atoms with Crippen molar-refractivity contribution in [3.05, 3.63) is 76.0 Å². The molecule has 0 spiro atoms. The molecule has 3 rings (SSSR count). The van der Waals surface area contributed by atoms with Gasteiger partial charge in [-0.05, 0) is 50.1 Å². The van der Waals surface area contributed by atoms with Crippen LogP contribution in [0.1, 0.15) is 35.2 Å². The van der Waals surface area contributed by atoms with Crippen molar-refractivity contribution in [3.63, 3.8) is 0 Å². The highest BCUT2D eigenvalue weighted by molar-refractivity contribution is 5.95. The van der Waals surface area contributed by atoms with Gasteiger partial charge in [-0.1, -0.05) is 29.8 Å². The molecule has 0 unspecified atom stereocenters. The molecule has 0 aliphatic carbocycles. The predicted molar refractivity (Wildman–Crippen MR) is 116 cm³/mol. The third kappa shape index (κ3) is 5.30. The van der Waals surface area contributed by atoms with Crippen LogP contribution in [0.3, 0.4) is 0 Å². The molecule has 0 bridgehead atoms. The molecule has 1 N–H and O–H groups in total. The second kappa shape index (κ2) is 9.56. The molecule has 9 heteroatoms. The van der Waals surface area contributed by atoms with Crippen LogP contribution >= 0.6 is 0 Å². The summed E-state index contributed by atoms with van der Waals surface area (Å²) in [7, 11) is 1.46. The van der Waals surface area contributed by atoms with E-state index < -0.39 is 29.8 Å². The Bertz CT molecular complexity index is 1100. The Hall–Kier alpha value is -3.49. The van der Waals surface area contributed by atoms with Crippen molar-refractivity contribution < 1.29 is 32.2 Å². The van der Waals surface area contributed by atoms with Crippen LogP contribution in [0, 0.1) is 13.8 Å². The summed E-state index contributed by atoms with van der Waals surface area (Å²) < 4.78 is 50.0. The Morgan fingerprint density at radius 2 is 1.88 bits per heavy atom. The highest BCUT2D eigenvalue weighted by Crippen LogP contribution is 2.34. The van der Waals surface area contributed by atoms with E-state index in [4.69, 9.17) is 9.47 Å². The van der Waals surface area contributed by atoms with E-state index in [9.17, 15) is 22.8 Å². The zero-order chi connectivity index (χ0) is 24.3. The van der Waals surface area contributed by atoms with Crippen LogP contribution in [-0.2, 0) is 15.7 Å². The number of halogens is 3. The van der Waals surface area contributed by atoms with Gasteiger partial charge in [-0.2, -0.15) is 13.2 Å². The lowest BCUT2D eigenvalue weighted by atomic mass is 9.90. The zero-order valence-electron chi connectivity index (χ0n) is 18.7. The minimum atomic E-state index is -4.52. The number of carbonyl (C=O) groups excluding carboxylic acids is 2. The van der Waals surface area contributed by atoms with Crippen LogP contribution in [0.5, 0.6) is 5.75 Å². The minimum Gasteiger partial charge on any atom is -0.487 e. The van der Waals surface area contributed by atoms with Crippen molar-refractivity contribution in [1.29, 1.82) is 0 Å². The number of carbonyl (C=O) groups is 2. The van der Waals surface area contributed by atoms with Gasteiger partial charge >= 0.3 is 18.2 Å². The number of hydrogen-bond donors (Lipinski definition) is 1. The molecular formula is C24H25F3N2O4. The molecule has 2 aromatic carbocycles. The smallest absolute Gasteiger partial charge is 0.416 e. The second-order valence-electron chi connectivity index (χ2n) is 7.70. The quantitative estimate of drug-likeness (QED) is 0.620. The van der Waals surface area contributed by atoms with E-state index in [1.165, 1.54) is 24.1 Å². The molecule has 33 heavy (non-hydrogen) atoms. The van der Waals surface area contributed by atoms with E-state index in [2.05, 4.69) is 5.32 Å². The number of esters is 1. The number of hydrogen-bond acceptors (Lipinski definition) is 4. The van der Waals surface area contributed by atoms with Crippen molar-refractivity contribution in [1.82, 2.24) is 10.2 Å². The highest BCUT2D eigenvalue weighted by atomic mass is 19.4. The lowest BCUT2D eigenvalue weighted by molar-refractivity contribution is -0.139. The van der Waals surface area contributed by atoms with E-state index in [0.717, 1.165) is 28.8 Å². The lowest BCUT2D eigenvalue weighted by Gasteiger charge is -2.35. The zero-order valence-corrected chi connectivity index (χ0v) is 18.7. The molecule has 2 aromatic rings. The number of alkyl halides is 3. The van der Waals surface area contributed by atoms with Crippen molar-refractivity contribution in [2.45, 2.75) is 33.0 Å². The first-order valence-corrected chi connectivity index (χ1v) is 10.3. The summed E-state index contributed by atoms with van der Waals surface area (Å²) in [6.45, 7) is 5.23. The number of ether oxygens (including phenoxy) is 2. The maximum absolute atomic E-state index is 13.1. The van der Waals surface area contributed by atoms with Gasteiger partial charge in [0.2, 0.25) is 0 Å². The maximum atomic E-state index is 13.1. The van der Waals surface area contributed by atoms with Crippen LogP contribution in [-0.4, -0.2) is 37.2 Å². The third-order valence-corrected chi connectivity index (χ3v) is 5.35. The Morgan fingerprint density at radius 1 is 1.15 bits per heavy atom. The van der Waals surface area contributed by atoms with E-state index in [1.54, 1.807) is 6.92 Å². The van der Waals surface area contributed by atoms with E-state index in [-0.39, 0.29) is 30.2 Å². The van der Waals surface area contributed by atoms with Gasteiger partial charge in [-0.3, -0.25) is 4.90 Å². The standard InChI is InChI=1S/C24H25F3N2O4/c1-5-32-22(30)20-19(13-33-17-8-6-7-16(12-17)24(25,26)27)29(4)23(31)28-21(20)18-11-14(2)9-10-15(18)3/h6-12,21H,5,13H2,1-4H3,(H,28,31)/t21-/m0/s1. The molecule has 0 radical (unpaired) electrons. The molecule has 0 saturated carbocycles. The summed E-state index contributed by atoms with van der Waals surface area (Å²) >= 11 is 0. The van der Waals surface area contributed by atoms with E-state index in [1.807, 2.05) is 32.0 Å². The fourth-order valence-electron chi connectivity index (χ4n) is 3.60. The molecule has 0 fully saturated rings. The molecular weight excluding hydrogens is 437 g/mol. The molecule has 1 heterocycles. The van der Waals surface area contributed by atoms with Crippen molar-refractivity contribution in [3.8, 4) is 5.75 Å². The number of urea groups is 1. The number of benzene rings is 2. The monoisotopic (exact) mass is 462 g/mol. The highest BCUT2D eigenvalue weighted by Gasteiger charge is 2.38. The average Bonchev–Trinajstić information content (AvgIpc) is 2.76. The van der Waals surface area contributed by atoms with Gasteiger partial charge in [0, 0.05) is 7.05 Å². The van der Waals surface area contributed by atoms with E-state index >= 15 is 0 Å². The Labute approximate surface area is 190 Å². The van der Waals surface area contributed by atoms with Gasteiger partial charge in [0.25, 0.3) is 0 Å². The summed E-state index contributed by atoms with van der Waals surface area (Å²) in [5.41, 5.74) is 2.03. The van der Waals surface area contributed by atoms with Gasteiger partial charge in [0.1, 0.15) is 12.4 Å². The summed E-state index contributed by atoms with van der Waals surface area (Å²) in [5.74, 6) is -0.680. The maximum Gasteiger partial charge on any atom is 0.416 e. The summed E-state index contributed by atoms with van der Waals surface area (Å²) in [4.78, 5) is 26.9.